The summed E-state index contributed by atoms with van der Waals surface area (Å²) in [5.74, 6) is -0.596. The first-order valence-corrected chi connectivity index (χ1v) is 7.63. The Morgan fingerprint density at radius 3 is 2.90 bits per heavy atom. The normalized spacial score (nSPS) is 12.6. The Bertz CT molecular complexity index is 624. The average molecular weight is 294 g/mol. The fraction of sp³-hybridized carbons (Fsp3) is 0.400. The van der Waals surface area contributed by atoms with Gasteiger partial charge in [0.25, 0.3) is 5.91 Å². The lowest BCUT2D eigenvalue weighted by atomic mass is 10.1. The van der Waals surface area contributed by atoms with Gasteiger partial charge >= 0.3 is 0 Å². The Hall–Kier alpha value is -1.62. The molecule has 5 heteroatoms. The lowest BCUT2D eigenvalue weighted by Gasteiger charge is -2.12. The molecule has 0 saturated heterocycles. The number of carbonyl (C=O) groups is 1. The van der Waals surface area contributed by atoms with Gasteiger partial charge in [-0.1, -0.05) is 25.8 Å². The molecule has 0 spiro atoms. The van der Waals surface area contributed by atoms with E-state index in [0.717, 1.165) is 19.3 Å². The molecule has 0 radical (unpaired) electrons. The topological polar surface area (TPSA) is 55.1 Å². The van der Waals surface area contributed by atoms with Gasteiger partial charge in [-0.3, -0.25) is 4.79 Å². The number of carbonyl (C=O) groups excluding carboxylic acids is 1. The largest absolute Gasteiger partial charge is 0.397 e. The minimum atomic E-state index is -0.380. The van der Waals surface area contributed by atoms with Gasteiger partial charge < -0.3 is 11.1 Å². The van der Waals surface area contributed by atoms with Crippen molar-refractivity contribution in [3.05, 3.63) is 28.9 Å². The predicted octanol–water partition coefficient (Wildman–Crippen LogP) is 3.93. The number of rotatable bonds is 5. The number of hydrogen-bond donors (Lipinski definition) is 2. The summed E-state index contributed by atoms with van der Waals surface area (Å²) in [5.41, 5.74) is 6.17. The van der Waals surface area contributed by atoms with E-state index in [1.807, 2.05) is 6.92 Å². The first-order valence-electron chi connectivity index (χ1n) is 6.82. The molecule has 0 aliphatic rings. The van der Waals surface area contributed by atoms with Gasteiger partial charge in [-0.15, -0.1) is 11.3 Å². The van der Waals surface area contributed by atoms with Crippen LogP contribution in [-0.4, -0.2) is 11.9 Å². The number of nitrogen functional groups attached to an aromatic ring is 1. The summed E-state index contributed by atoms with van der Waals surface area (Å²) in [6, 6.07) is 4.85. The summed E-state index contributed by atoms with van der Waals surface area (Å²) in [7, 11) is 0. The lowest BCUT2D eigenvalue weighted by Crippen LogP contribution is -2.32. The number of thiophene rings is 1. The van der Waals surface area contributed by atoms with Crippen molar-refractivity contribution in [1.29, 1.82) is 0 Å². The second kappa shape index (κ2) is 6.22. The zero-order valence-electron chi connectivity index (χ0n) is 11.7. The van der Waals surface area contributed by atoms with E-state index in [9.17, 15) is 9.18 Å². The van der Waals surface area contributed by atoms with Gasteiger partial charge in [-0.25, -0.2) is 4.39 Å². The molecule has 1 amide bonds. The molecule has 1 aromatic carbocycles. The number of fused-ring (bicyclic) bond motifs is 1. The summed E-state index contributed by atoms with van der Waals surface area (Å²) >= 11 is 1.23. The van der Waals surface area contributed by atoms with Gasteiger partial charge in [0.05, 0.1) is 11.1 Å². The van der Waals surface area contributed by atoms with Crippen LogP contribution in [0.3, 0.4) is 0 Å². The van der Waals surface area contributed by atoms with Crippen molar-refractivity contribution in [2.24, 2.45) is 0 Å². The van der Waals surface area contributed by atoms with Crippen LogP contribution in [0.2, 0.25) is 0 Å². The Kier molecular flexibility index (Phi) is 4.60. The number of halogens is 1. The fourth-order valence-electron chi connectivity index (χ4n) is 2.17. The number of amides is 1. The summed E-state index contributed by atoms with van der Waals surface area (Å²) in [4.78, 5) is 12.6. The highest BCUT2D eigenvalue weighted by molar-refractivity contribution is 7.21. The molecule has 0 fully saturated rings. The molecule has 2 rings (SSSR count). The predicted molar refractivity (Wildman–Crippen MR) is 82.6 cm³/mol. The third kappa shape index (κ3) is 2.93. The molecule has 3 N–H and O–H groups in total. The monoisotopic (exact) mass is 294 g/mol. The molecule has 0 bridgehead atoms. The molecule has 108 valence electrons. The van der Waals surface area contributed by atoms with E-state index in [0.29, 0.717) is 15.0 Å². The zero-order chi connectivity index (χ0) is 14.7. The van der Waals surface area contributed by atoms with Gasteiger partial charge in [0, 0.05) is 10.7 Å². The van der Waals surface area contributed by atoms with Crippen LogP contribution in [-0.2, 0) is 0 Å². The smallest absolute Gasteiger partial charge is 0.263 e. The Morgan fingerprint density at radius 2 is 2.25 bits per heavy atom. The van der Waals surface area contributed by atoms with E-state index >= 15 is 0 Å². The van der Waals surface area contributed by atoms with Gasteiger partial charge in [0.15, 0.2) is 0 Å². The van der Waals surface area contributed by atoms with E-state index in [2.05, 4.69) is 12.2 Å². The van der Waals surface area contributed by atoms with E-state index in [1.165, 1.54) is 17.4 Å². The summed E-state index contributed by atoms with van der Waals surface area (Å²) < 4.78 is 14.5. The second-order valence-corrected chi connectivity index (χ2v) is 6.03. The van der Waals surface area contributed by atoms with Crippen LogP contribution in [0, 0.1) is 5.82 Å². The molecule has 1 heterocycles. The quantitative estimate of drug-likeness (QED) is 0.877. The Labute approximate surface area is 122 Å². The first-order chi connectivity index (χ1) is 9.54. The molecule has 0 aliphatic heterocycles. The molecular weight excluding hydrogens is 275 g/mol. The molecule has 1 atom stereocenters. The Balaban J connectivity index is 2.22. The van der Waals surface area contributed by atoms with Crippen molar-refractivity contribution >= 4 is 33.0 Å². The molecule has 2 aromatic rings. The zero-order valence-corrected chi connectivity index (χ0v) is 12.5. The van der Waals surface area contributed by atoms with Crippen molar-refractivity contribution in [1.82, 2.24) is 5.32 Å². The van der Waals surface area contributed by atoms with Crippen LogP contribution in [0.1, 0.15) is 42.8 Å². The van der Waals surface area contributed by atoms with Crippen molar-refractivity contribution in [2.75, 3.05) is 5.73 Å². The maximum atomic E-state index is 13.7. The highest BCUT2D eigenvalue weighted by Crippen LogP contribution is 2.35. The molecule has 0 aliphatic carbocycles. The van der Waals surface area contributed by atoms with Crippen LogP contribution in [0.25, 0.3) is 10.1 Å². The van der Waals surface area contributed by atoms with E-state index in [4.69, 9.17) is 5.73 Å². The molecule has 1 unspecified atom stereocenters. The van der Waals surface area contributed by atoms with Crippen molar-refractivity contribution in [3.8, 4) is 0 Å². The van der Waals surface area contributed by atoms with E-state index in [-0.39, 0.29) is 23.5 Å². The highest BCUT2D eigenvalue weighted by atomic mass is 32.1. The Morgan fingerprint density at radius 1 is 1.50 bits per heavy atom. The van der Waals surface area contributed by atoms with Crippen LogP contribution < -0.4 is 11.1 Å². The maximum absolute atomic E-state index is 13.7. The first kappa shape index (κ1) is 14.8. The average Bonchev–Trinajstić information content (AvgIpc) is 2.75. The summed E-state index contributed by atoms with van der Waals surface area (Å²) in [6.07, 6.45) is 3.09. The minimum Gasteiger partial charge on any atom is -0.397 e. The maximum Gasteiger partial charge on any atom is 0.263 e. The van der Waals surface area contributed by atoms with Crippen molar-refractivity contribution in [3.63, 3.8) is 0 Å². The van der Waals surface area contributed by atoms with Crippen LogP contribution in [0.5, 0.6) is 0 Å². The van der Waals surface area contributed by atoms with Crippen LogP contribution in [0.4, 0.5) is 10.1 Å². The molecular formula is C15H19FN2OS. The summed E-state index contributed by atoms with van der Waals surface area (Å²) in [5, 5.41) is 3.27. The summed E-state index contributed by atoms with van der Waals surface area (Å²) in [6.45, 7) is 4.08. The second-order valence-electron chi connectivity index (χ2n) is 4.97. The molecule has 1 aromatic heterocycles. The third-order valence-corrected chi connectivity index (χ3v) is 4.45. The number of anilines is 1. The highest BCUT2D eigenvalue weighted by Gasteiger charge is 2.19. The van der Waals surface area contributed by atoms with Crippen molar-refractivity contribution in [2.45, 2.75) is 39.2 Å². The molecule has 20 heavy (non-hydrogen) atoms. The SMILES string of the molecule is CCCCC(C)NC(=O)c1sc2cccc(F)c2c1N. The number of hydrogen-bond acceptors (Lipinski definition) is 3. The number of benzene rings is 1. The lowest BCUT2D eigenvalue weighted by molar-refractivity contribution is 0.0943. The van der Waals surface area contributed by atoms with Crippen molar-refractivity contribution < 1.29 is 9.18 Å². The standard InChI is InChI=1S/C15H19FN2OS/c1-3-4-6-9(2)18-15(19)14-13(17)12-10(16)7-5-8-11(12)20-14/h5,7-9H,3-4,6,17H2,1-2H3,(H,18,19). The van der Waals surface area contributed by atoms with E-state index < -0.39 is 0 Å². The number of nitrogens with one attached hydrogen (secondary N) is 1. The third-order valence-electron chi connectivity index (χ3n) is 3.28. The van der Waals surface area contributed by atoms with Gasteiger partial charge in [-0.2, -0.15) is 0 Å². The minimum absolute atomic E-state index is 0.0944. The van der Waals surface area contributed by atoms with Gasteiger partial charge in [-0.05, 0) is 25.5 Å². The molecule has 3 nitrogen and oxygen atoms in total. The van der Waals surface area contributed by atoms with E-state index in [1.54, 1.807) is 12.1 Å². The van der Waals surface area contributed by atoms with Gasteiger partial charge in [0.2, 0.25) is 0 Å². The van der Waals surface area contributed by atoms with Crippen LogP contribution in [0.15, 0.2) is 18.2 Å². The van der Waals surface area contributed by atoms with Gasteiger partial charge in [0.1, 0.15) is 10.7 Å². The number of unbranched alkanes of at least 4 members (excludes halogenated alkanes) is 1. The molecule has 0 saturated carbocycles. The van der Waals surface area contributed by atoms with Crippen LogP contribution >= 0.6 is 11.3 Å². The fourth-order valence-corrected chi connectivity index (χ4v) is 3.21. The number of nitrogens with two attached hydrogens (primary N) is 1.